The average molecular weight is 275 g/mol. The van der Waals surface area contributed by atoms with E-state index in [1.165, 1.54) is 12.3 Å². The van der Waals surface area contributed by atoms with Crippen LogP contribution in [0.2, 0.25) is 0 Å². The van der Waals surface area contributed by atoms with Gasteiger partial charge in [-0.05, 0) is 45.4 Å². The Bertz CT molecular complexity index is 425. The van der Waals surface area contributed by atoms with Crippen LogP contribution in [0.15, 0.2) is 23.3 Å². The van der Waals surface area contributed by atoms with Gasteiger partial charge in [0.05, 0.1) is 16.8 Å². The summed E-state index contributed by atoms with van der Waals surface area (Å²) in [6.07, 6.45) is -1.54. The molecule has 0 atom stereocenters. The molecule has 0 radical (unpaired) electrons. The molecule has 0 unspecified atom stereocenters. The normalized spacial score (nSPS) is 25.7. The molecule has 7 heteroatoms. The van der Waals surface area contributed by atoms with Gasteiger partial charge in [0.25, 0.3) is 0 Å². The lowest BCUT2D eigenvalue weighted by Crippen LogP contribution is -2.41. The van der Waals surface area contributed by atoms with Gasteiger partial charge in [-0.25, -0.2) is 0 Å². The molecule has 106 valence electrons. The first-order chi connectivity index (χ1) is 8.55. The molecule has 0 saturated carbocycles. The monoisotopic (exact) mass is 275 g/mol. The van der Waals surface area contributed by atoms with Crippen molar-refractivity contribution in [3.8, 4) is 0 Å². The fourth-order valence-electron chi connectivity index (χ4n) is 1.97. The zero-order valence-electron chi connectivity index (χ0n) is 11.4. The number of allylic oxidation sites excluding steroid dienone is 2. The van der Waals surface area contributed by atoms with E-state index in [0.717, 1.165) is 0 Å². The molecular weight excluding hydrogens is 258 g/mol. The van der Waals surface area contributed by atoms with Gasteiger partial charge in [-0.1, -0.05) is 0 Å². The summed E-state index contributed by atoms with van der Waals surface area (Å²) in [6.45, 7) is 6.98. The van der Waals surface area contributed by atoms with Gasteiger partial charge in [0.2, 0.25) is 0 Å². The summed E-state index contributed by atoms with van der Waals surface area (Å²) in [4.78, 5) is 0. The summed E-state index contributed by atoms with van der Waals surface area (Å²) < 4.78 is 50.3. The Morgan fingerprint density at radius 3 is 2.16 bits per heavy atom. The molecule has 19 heavy (non-hydrogen) atoms. The molecule has 2 rings (SSSR count). The summed E-state index contributed by atoms with van der Waals surface area (Å²) in [6, 6.07) is 0. The maximum absolute atomic E-state index is 13.0. The highest BCUT2D eigenvalue weighted by Gasteiger charge is 2.54. The number of nitrogens with one attached hydrogen (secondary N) is 1. The van der Waals surface area contributed by atoms with E-state index in [1.807, 2.05) is 27.7 Å². The molecule has 0 amide bonds. The van der Waals surface area contributed by atoms with E-state index in [2.05, 4.69) is 5.32 Å². The van der Waals surface area contributed by atoms with Gasteiger partial charge in [-0.2, -0.15) is 13.2 Å². The highest BCUT2D eigenvalue weighted by atomic mass is 19.4. The molecule has 0 spiro atoms. The molecule has 1 fully saturated rings. The Balaban J connectivity index is 2.36. The van der Waals surface area contributed by atoms with E-state index in [4.69, 9.17) is 9.31 Å². The second-order valence-corrected chi connectivity index (χ2v) is 5.73. The molecule has 2 aliphatic heterocycles. The third-order valence-corrected chi connectivity index (χ3v) is 3.86. The smallest absolute Gasteiger partial charge is 0.399 e. The topological polar surface area (TPSA) is 30.5 Å². The number of hydrogen-bond acceptors (Lipinski definition) is 3. The fraction of sp³-hybridized carbons (Fsp3) is 0.667. The number of halogens is 3. The van der Waals surface area contributed by atoms with E-state index in [0.29, 0.717) is 0 Å². The van der Waals surface area contributed by atoms with Crippen LogP contribution < -0.4 is 5.32 Å². The highest BCUT2D eigenvalue weighted by Crippen LogP contribution is 2.41. The van der Waals surface area contributed by atoms with Crippen LogP contribution in [0.25, 0.3) is 0 Å². The number of rotatable bonds is 1. The maximum atomic E-state index is 13.0. The quantitative estimate of drug-likeness (QED) is 0.746. The number of hydrogen-bond donors (Lipinski definition) is 1. The lowest BCUT2D eigenvalue weighted by Gasteiger charge is -2.32. The van der Waals surface area contributed by atoms with Crippen molar-refractivity contribution in [3.63, 3.8) is 0 Å². The van der Waals surface area contributed by atoms with Crippen LogP contribution in [-0.4, -0.2) is 31.0 Å². The van der Waals surface area contributed by atoms with Crippen molar-refractivity contribution in [1.82, 2.24) is 5.32 Å². The van der Waals surface area contributed by atoms with Crippen molar-refractivity contribution in [1.29, 1.82) is 0 Å². The summed E-state index contributed by atoms with van der Waals surface area (Å²) in [5.74, 6) is 0. The van der Waals surface area contributed by atoms with Crippen LogP contribution in [0.1, 0.15) is 27.7 Å². The predicted octanol–water partition coefficient (Wildman–Crippen LogP) is 2.59. The predicted molar refractivity (Wildman–Crippen MR) is 66.3 cm³/mol. The van der Waals surface area contributed by atoms with Crippen molar-refractivity contribution < 1.29 is 22.5 Å². The molecule has 0 aliphatic carbocycles. The van der Waals surface area contributed by atoms with Crippen molar-refractivity contribution in [3.05, 3.63) is 23.3 Å². The fourth-order valence-corrected chi connectivity index (χ4v) is 1.97. The van der Waals surface area contributed by atoms with Crippen LogP contribution in [0.4, 0.5) is 13.2 Å². The summed E-state index contributed by atoms with van der Waals surface area (Å²) in [7, 11) is -0.986. The molecule has 3 nitrogen and oxygen atoms in total. The molecule has 0 aromatic heterocycles. The highest BCUT2D eigenvalue weighted by molar-refractivity contribution is 6.56. The summed E-state index contributed by atoms with van der Waals surface area (Å²) in [5.41, 5.74) is -1.90. The Kier molecular flexibility index (Phi) is 3.26. The minimum Gasteiger partial charge on any atom is -0.399 e. The van der Waals surface area contributed by atoms with E-state index >= 15 is 0 Å². The van der Waals surface area contributed by atoms with Crippen LogP contribution in [0, 0.1) is 0 Å². The SMILES string of the molecule is CC1(C)OB(C2=C(C(F)(F)F)CNC=C2)OC1(C)C. The van der Waals surface area contributed by atoms with Crippen LogP contribution in [0.5, 0.6) is 0 Å². The standard InChI is InChI=1S/C12H17BF3NO2/c1-10(2)11(3,4)19-13(18-10)9-5-6-17-7-8(9)12(14,15)16/h5-6,17H,7H2,1-4H3. The lowest BCUT2D eigenvalue weighted by molar-refractivity contribution is -0.0933. The van der Waals surface area contributed by atoms with Gasteiger partial charge in [0, 0.05) is 6.54 Å². The third-order valence-electron chi connectivity index (χ3n) is 3.86. The Morgan fingerprint density at radius 1 is 1.16 bits per heavy atom. The minimum absolute atomic E-state index is 0.0462. The zero-order chi connectivity index (χ0) is 14.5. The van der Waals surface area contributed by atoms with Gasteiger partial charge < -0.3 is 14.6 Å². The summed E-state index contributed by atoms with van der Waals surface area (Å²) >= 11 is 0. The molecule has 1 saturated heterocycles. The second-order valence-electron chi connectivity index (χ2n) is 5.73. The first kappa shape index (κ1) is 14.5. The van der Waals surface area contributed by atoms with Crippen molar-refractivity contribution in [2.75, 3.05) is 6.54 Å². The largest absolute Gasteiger partial charge is 0.495 e. The van der Waals surface area contributed by atoms with Gasteiger partial charge >= 0.3 is 13.3 Å². The number of alkyl halides is 3. The molecular formula is C12H17BF3NO2. The molecule has 0 bridgehead atoms. The van der Waals surface area contributed by atoms with Crippen molar-refractivity contribution in [2.24, 2.45) is 0 Å². The van der Waals surface area contributed by atoms with E-state index in [-0.39, 0.29) is 12.0 Å². The van der Waals surface area contributed by atoms with Crippen molar-refractivity contribution >= 4 is 7.12 Å². The van der Waals surface area contributed by atoms with E-state index in [1.54, 1.807) is 0 Å². The lowest BCUT2D eigenvalue weighted by atomic mass is 9.74. The van der Waals surface area contributed by atoms with Crippen LogP contribution in [-0.2, 0) is 9.31 Å². The second kappa shape index (κ2) is 4.28. The first-order valence-corrected chi connectivity index (χ1v) is 6.10. The van der Waals surface area contributed by atoms with Crippen molar-refractivity contribution in [2.45, 2.75) is 45.1 Å². The Labute approximate surface area is 111 Å². The minimum atomic E-state index is -4.39. The average Bonchev–Trinajstić information content (AvgIpc) is 2.47. The Hall–Kier alpha value is -0.945. The molecule has 2 aliphatic rings. The molecule has 2 heterocycles. The third kappa shape index (κ3) is 2.53. The van der Waals surface area contributed by atoms with Gasteiger partial charge in [0.1, 0.15) is 0 Å². The van der Waals surface area contributed by atoms with E-state index in [9.17, 15) is 13.2 Å². The van der Waals surface area contributed by atoms with E-state index < -0.39 is 30.1 Å². The molecule has 0 aromatic rings. The number of dihydropyridines is 1. The molecule has 0 aromatic carbocycles. The Morgan fingerprint density at radius 2 is 1.68 bits per heavy atom. The maximum Gasteiger partial charge on any atom is 0.495 e. The van der Waals surface area contributed by atoms with Gasteiger partial charge in [-0.15, -0.1) is 0 Å². The first-order valence-electron chi connectivity index (χ1n) is 6.10. The van der Waals surface area contributed by atoms with Crippen LogP contribution >= 0.6 is 0 Å². The van der Waals surface area contributed by atoms with Gasteiger partial charge in [0.15, 0.2) is 0 Å². The summed E-state index contributed by atoms with van der Waals surface area (Å²) in [5, 5.41) is 2.57. The zero-order valence-corrected chi connectivity index (χ0v) is 11.4. The van der Waals surface area contributed by atoms with Gasteiger partial charge in [-0.3, -0.25) is 0 Å². The van der Waals surface area contributed by atoms with Crippen LogP contribution in [0.3, 0.4) is 0 Å². The molecule has 1 N–H and O–H groups in total.